The maximum absolute atomic E-state index is 5.96. The lowest BCUT2D eigenvalue weighted by Crippen LogP contribution is -2.04. The second-order valence-corrected chi connectivity index (χ2v) is 5.92. The monoisotopic (exact) mass is 294 g/mol. The third-order valence-electron chi connectivity index (χ3n) is 4.25. The smallest absolute Gasteiger partial charge is 0.0951 e. The molecule has 104 valence electrons. The Morgan fingerprint density at radius 3 is 2.62 bits per heavy atom. The van der Waals surface area contributed by atoms with Gasteiger partial charge >= 0.3 is 0 Å². The Bertz CT molecular complexity index is 760. The van der Waals surface area contributed by atoms with Gasteiger partial charge in [0.1, 0.15) is 0 Å². The molecule has 0 aliphatic heterocycles. The van der Waals surface area contributed by atoms with E-state index in [2.05, 4.69) is 39.9 Å². The zero-order valence-corrected chi connectivity index (χ0v) is 12.3. The predicted octanol–water partition coefficient (Wildman–Crippen LogP) is 4.74. The molecule has 1 aliphatic rings. The van der Waals surface area contributed by atoms with Crippen molar-refractivity contribution in [3.63, 3.8) is 0 Å². The van der Waals surface area contributed by atoms with E-state index in [1.807, 2.05) is 30.9 Å². The second-order valence-electron chi connectivity index (χ2n) is 5.48. The van der Waals surface area contributed by atoms with Crippen LogP contribution in [0.5, 0.6) is 0 Å². The van der Waals surface area contributed by atoms with Crippen molar-refractivity contribution in [3.8, 4) is 11.1 Å². The van der Waals surface area contributed by atoms with Crippen molar-refractivity contribution >= 4 is 11.6 Å². The van der Waals surface area contributed by atoms with Crippen LogP contribution in [0.3, 0.4) is 0 Å². The first-order valence-electron chi connectivity index (χ1n) is 7.17. The molecule has 2 aromatic carbocycles. The highest BCUT2D eigenvalue weighted by Gasteiger charge is 2.23. The lowest BCUT2D eigenvalue weighted by atomic mass is 10.00. The van der Waals surface area contributed by atoms with E-state index in [4.69, 9.17) is 11.6 Å². The van der Waals surface area contributed by atoms with Crippen molar-refractivity contribution in [2.24, 2.45) is 0 Å². The molecule has 0 saturated carbocycles. The van der Waals surface area contributed by atoms with Crippen molar-refractivity contribution < 1.29 is 0 Å². The highest BCUT2D eigenvalue weighted by atomic mass is 35.5. The molecule has 0 fully saturated rings. The molecule has 0 spiro atoms. The SMILES string of the molecule is Clc1ccc(-c2ccc3c(c2)CCC3n2ccnc2)cc1. The third-order valence-corrected chi connectivity index (χ3v) is 4.50. The van der Waals surface area contributed by atoms with Gasteiger partial charge in [-0.2, -0.15) is 0 Å². The van der Waals surface area contributed by atoms with E-state index in [1.54, 1.807) is 0 Å². The molecule has 0 bridgehead atoms. The first kappa shape index (κ1) is 12.7. The maximum Gasteiger partial charge on any atom is 0.0951 e. The number of nitrogens with zero attached hydrogens (tertiary/aromatic N) is 2. The van der Waals surface area contributed by atoms with Gasteiger partial charge in [-0.05, 0) is 47.2 Å². The number of rotatable bonds is 2. The molecule has 4 rings (SSSR count). The molecule has 0 saturated heterocycles. The molecule has 1 aromatic heterocycles. The van der Waals surface area contributed by atoms with E-state index in [0.717, 1.165) is 17.9 Å². The minimum Gasteiger partial charge on any atom is -0.330 e. The first-order valence-corrected chi connectivity index (χ1v) is 7.55. The summed E-state index contributed by atoms with van der Waals surface area (Å²) in [5.74, 6) is 0. The molecule has 0 amide bonds. The molecule has 3 heteroatoms. The van der Waals surface area contributed by atoms with E-state index < -0.39 is 0 Å². The van der Waals surface area contributed by atoms with E-state index in [-0.39, 0.29) is 0 Å². The van der Waals surface area contributed by atoms with Gasteiger partial charge in [-0.1, -0.05) is 41.9 Å². The molecular weight excluding hydrogens is 280 g/mol. The van der Waals surface area contributed by atoms with Crippen LogP contribution in [-0.2, 0) is 6.42 Å². The number of hydrogen-bond donors (Lipinski definition) is 0. The average Bonchev–Trinajstić information content (AvgIpc) is 3.16. The summed E-state index contributed by atoms with van der Waals surface area (Å²) in [6, 6.07) is 15.3. The second kappa shape index (κ2) is 5.05. The fourth-order valence-corrected chi connectivity index (χ4v) is 3.31. The highest BCUT2D eigenvalue weighted by Crippen LogP contribution is 2.36. The molecular formula is C18H15ClN2. The van der Waals surface area contributed by atoms with Crippen molar-refractivity contribution in [1.82, 2.24) is 9.55 Å². The predicted molar refractivity (Wildman–Crippen MR) is 85.6 cm³/mol. The molecule has 21 heavy (non-hydrogen) atoms. The van der Waals surface area contributed by atoms with Crippen LogP contribution in [-0.4, -0.2) is 9.55 Å². The van der Waals surface area contributed by atoms with E-state index in [0.29, 0.717) is 6.04 Å². The molecule has 1 aliphatic carbocycles. The quantitative estimate of drug-likeness (QED) is 0.667. The van der Waals surface area contributed by atoms with Crippen molar-refractivity contribution in [2.45, 2.75) is 18.9 Å². The van der Waals surface area contributed by atoms with Crippen LogP contribution >= 0.6 is 11.6 Å². The lowest BCUT2D eigenvalue weighted by molar-refractivity contribution is 0.579. The van der Waals surface area contributed by atoms with Crippen LogP contribution in [0.25, 0.3) is 11.1 Å². The van der Waals surface area contributed by atoms with Crippen LogP contribution in [0.15, 0.2) is 61.2 Å². The molecule has 0 radical (unpaired) electrons. The Hall–Kier alpha value is -2.06. The van der Waals surface area contributed by atoms with Crippen LogP contribution in [0.4, 0.5) is 0 Å². The Morgan fingerprint density at radius 1 is 1.05 bits per heavy atom. The Kier molecular flexibility index (Phi) is 3.04. The number of fused-ring (bicyclic) bond motifs is 1. The lowest BCUT2D eigenvalue weighted by Gasteiger charge is -2.13. The van der Waals surface area contributed by atoms with E-state index >= 15 is 0 Å². The van der Waals surface area contributed by atoms with Crippen molar-refractivity contribution in [3.05, 3.63) is 77.3 Å². The first-order chi connectivity index (χ1) is 10.3. The number of imidazole rings is 1. The zero-order chi connectivity index (χ0) is 14.2. The summed E-state index contributed by atoms with van der Waals surface area (Å²) >= 11 is 5.96. The number of benzene rings is 2. The number of aryl methyl sites for hydroxylation is 1. The fourth-order valence-electron chi connectivity index (χ4n) is 3.18. The van der Waals surface area contributed by atoms with Gasteiger partial charge in [-0.3, -0.25) is 0 Å². The standard InChI is InChI=1S/C18H15ClN2/c19-16-5-1-13(2-6-16)14-3-7-17-15(11-14)4-8-18(17)21-10-9-20-12-21/h1-3,5-7,9-12,18H,4,8H2. The van der Waals surface area contributed by atoms with Gasteiger partial charge in [-0.25, -0.2) is 4.98 Å². The molecule has 1 atom stereocenters. The van der Waals surface area contributed by atoms with Gasteiger partial charge in [0, 0.05) is 17.4 Å². The highest BCUT2D eigenvalue weighted by molar-refractivity contribution is 6.30. The van der Waals surface area contributed by atoms with E-state index in [1.165, 1.54) is 22.3 Å². The van der Waals surface area contributed by atoms with E-state index in [9.17, 15) is 0 Å². The fraction of sp³-hybridized carbons (Fsp3) is 0.167. The summed E-state index contributed by atoms with van der Waals surface area (Å²) in [5, 5.41) is 0.778. The molecule has 2 nitrogen and oxygen atoms in total. The maximum atomic E-state index is 5.96. The molecule has 3 aromatic rings. The largest absolute Gasteiger partial charge is 0.330 e. The van der Waals surface area contributed by atoms with Gasteiger partial charge in [0.05, 0.1) is 12.4 Å². The van der Waals surface area contributed by atoms with Gasteiger partial charge in [0.2, 0.25) is 0 Å². The molecule has 1 unspecified atom stereocenters. The molecule has 1 heterocycles. The molecule has 0 N–H and O–H groups in total. The normalized spacial score (nSPS) is 16.9. The summed E-state index contributed by atoms with van der Waals surface area (Å²) in [6.45, 7) is 0. The van der Waals surface area contributed by atoms with Crippen LogP contribution in [0, 0.1) is 0 Å². The number of hydrogen-bond acceptors (Lipinski definition) is 1. The minimum absolute atomic E-state index is 0.432. The number of halogens is 1. The topological polar surface area (TPSA) is 17.8 Å². The van der Waals surface area contributed by atoms with Gasteiger partial charge in [0.15, 0.2) is 0 Å². The Morgan fingerprint density at radius 2 is 1.86 bits per heavy atom. The van der Waals surface area contributed by atoms with Crippen LogP contribution < -0.4 is 0 Å². The summed E-state index contributed by atoms with van der Waals surface area (Å²) in [4.78, 5) is 4.16. The Balaban J connectivity index is 1.71. The third kappa shape index (κ3) is 2.26. The summed E-state index contributed by atoms with van der Waals surface area (Å²) in [7, 11) is 0. The van der Waals surface area contributed by atoms with Gasteiger partial charge < -0.3 is 4.57 Å². The van der Waals surface area contributed by atoms with Crippen molar-refractivity contribution in [1.29, 1.82) is 0 Å². The summed E-state index contributed by atoms with van der Waals surface area (Å²) in [6.07, 6.45) is 8.08. The zero-order valence-electron chi connectivity index (χ0n) is 11.5. The average molecular weight is 295 g/mol. The van der Waals surface area contributed by atoms with Gasteiger partial charge in [-0.15, -0.1) is 0 Å². The van der Waals surface area contributed by atoms with Crippen molar-refractivity contribution in [2.75, 3.05) is 0 Å². The summed E-state index contributed by atoms with van der Waals surface area (Å²) in [5.41, 5.74) is 5.34. The minimum atomic E-state index is 0.432. The van der Waals surface area contributed by atoms with Crippen LogP contribution in [0.1, 0.15) is 23.6 Å². The number of aromatic nitrogens is 2. The van der Waals surface area contributed by atoms with Gasteiger partial charge in [0.25, 0.3) is 0 Å². The Labute approximate surface area is 129 Å². The van der Waals surface area contributed by atoms with Crippen LogP contribution in [0.2, 0.25) is 5.02 Å². The summed E-state index contributed by atoms with van der Waals surface area (Å²) < 4.78 is 2.20.